The second kappa shape index (κ2) is 5.16. The van der Waals surface area contributed by atoms with Crippen molar-refractivity contribution in [2.75, 3.05) is 14.2 Å². The quantitative estimate of drug-likeness (QED) is 0.469. The Morgan fingerprint density at radius 3 is 2.33 bits per heavy atom. The van der Waals surface area contributed by atoms with Crippen LogP contribution in [-0.2, 0) is 9.53 Å². The average Bonchev–Trinajstić information content (AvgIpc) is 2.36. The Morgan fingerprint density at radius 1 is 1.22 bits per heavy atom. The molecule has 1 rings (SSSR count). The van der Waals surface area contributed by atoms with Gasteiger partial charge in [-0.2, -0.15) is 0 Å². The molecule has 0 radical (unpaired) electrons. The van der Waals surface area contributed by atoms with Gasteiger partial charge in [-0.1, -0.05) is 0 Å². The van der Waals surface area contributed by atoms with Crippen LogP contribution in [0.4, 0.5) is 4.39 Å². The van der Waals surface area contributed by atoms with Gasteiger partial charge >= 0.3 is 5.97 Å². The van der Waals surface area contributed by atoms with Crippen molar-refractivity contribution < 1.29 is 23.5 Å². The zero-order valence-electron chi connectivity index (χ0n) is 10.7. The third-order valence-corrected chi connectivity index (χ3v) is 2.67. The van der Waals surface area contributed by atoms with Gasteiger partial charge in [-0.15, -0.1) is 0 Å². The van der Waals surface area contributed by atoms with E-state index < -0.39 is 23.0 Å². The summed E-state index contributed by atoms with van der Waals surface area (Å²) in [4.78, 5) is 23.8. The summed E-state index contributed by atoms with van der Waals surface area (Å²) in [7, 11) is 2.56. The molecule has 0 amide bonds. The largest absolute Gasteiger partial charge is 0.496 e. The molecule has 0 aliphatic rings. The van der Waals surface area contributed by atoms with E-state index in [4.69, 9.17) is 4.74 Å². The standard InChI is InChI=1S/C13H15FO4/c1-13(2,12(16)18-4)11(15)9-7-8(14)5-6-10(9)17-3/h5-7H,1-4H3. The van der Waals surface area contributed by atoms with E-state index >= 15 is 0 Å². The molecule has 0 atom stereocenters. The Bertz CT molecular complexity index is 480. The third-order valence-electron chi connectivity index (χ3n) is 2.67. The summed E-state index contributed by atoms with van der Waals surface area (Å²) in [6.07, 6.45) is 0. The molecule has 0 aromatic heterocycles. The number of Topliss-reactive ketones (excluding diaryl/α,β-unsaturated/α-hetero) is 1. The topological polar surface area (TPSA) is 52.6 Å². The molecule has 0 aliphatic carbocycles. The Balaban J connectivity index is 3.26. The second-order valence-corrected chi connectivity index (χ2v) is 4.29. The van der Waals surface area contributed by atoms with E-state index in [9.17, 15) is 14.0 Å². The van der Waals surface area contributed by atoms with Crippen LogP contribution in [-0.4, -0.2) is 26.0 Å². The summed E-state index contributed by atoms with van der Waals surface area (Å²) >= 11 is 0. The molecule has 0 saturated heterocycles. The fourth-order valence-corrected chi connectivity index (χ4v) is 1.54. The number of esters is 1. The number of carbonyl (C=O) groups excluding carboxylic acids is 2. The van der Waals surface area contributed by atoms with Gasteiger partial charge in [0.15, 0.2) is 5.78 Å². The summed E-state index contributed by atoms with van der Waals surface area (Å²) in [5, 5.41) is 0. The highest BCUT2D eigenvalue weighted by atomic mass is 19.1. The van der Waals surface area contributed by atoms with Crippen molar-refractivity contribution >= 4 is 11.8 Å². The second-order valence-electron chi connectivity index (χ2n) is 4.29. The number of halogens is 1. The van der Waals surface area contributed by atoms with Crippen molar-refractivity contribution in [2.24, 2.45) is 5.41 Å². The zero-order valence-corrected chi connectivity index (χ0v) is 10.7. The van der Waals surface area contributed by atoms with Crippen LogP contribution >= 0.6 is 0 Å². The van der Waals surface area contributed by atoms with Crippen LogP contribution in [0, 0.1) is 11.2 Å². The first kappa shape index (κ1) is 14.2. The molecule has 0 N–H and O–H groups in total. The molecule has 1 aromatic rings. The lowest BCUT2D eigenvalue weighted by molar-refractivity contribution is -0.147. The van der Waals surface area contributed by atoms with Crippen molar-refractivity contribution in [3.63, 3.8) is 0 Å². The average molecular weight is 254 g/mol. The summed E-state index contributed by atoms with van der Waals surface area (Å²) in [5.74, 6) is -1.58. The number of hydrogen-bond acceptors (Lipinski definition) is 4. The molecule has 98 valence electrons. The van der Waals surface area contributed by atoms with E-state index in [0.29, 0.717) is 0 Å². The number of hydrogen-bond donors (Lipinski definition) is 0. The first-order chi connectivity index (χ1) is 8.34. The highest BCUT2D eigenvalue weighted by molar-refractivity contribution is 6.13. The molecule has 1 aromatic carbocycles. The molecule has 0 bridgehead atoms. The fourth-order valence-electron chi connectivity index (χ4n) is 1.54. The molecular weight excluding hydrogens is 239 g/mol. The van der Waals surface area contributed by atoms with Crippen LogP contribution in [0.1, 0.15) is 24.2 Å². The van der Waals surface area contributed by atoms with Crippen LogP contribution in [0.2, 0.25) is 0 Å². The van der Waals surface area contributed by atoms with Crippen molar-refractivity contribution in [1.82, 2.24) is 0 Å². The molecule has 0 unspecified atom stereocenters. The lowest BCUT2D eigenvalue weighted by atomic mass is 9.84. The summed E-state index contributed by atoms with van der Waals surface area (Å²) in [6.45, 7) is 2.84. The van der Waals surface area contributed by atoms with E-state index in [1.54, 1.807) is 0 Å². The normalized spacial score (nSPS) is 10.9. The van der Waals surface area contributed by atoms with Crippen LogP contribution in [0.3, 0.4) is 0 Å². The molecule has 0 saturated carbocycles. The van der Waals surface area contributed by atoms with E-state index in [0.717, 1.165) is 6.07 Å². The first-order valence-corrected chi connectivity index (χ1v) is 5.31. The maximum Gasteiger partial charge on any atom is 0.319 e. The van der Waals surface area contributed by atoms with Gasteiger partial charge < -0.3 is 9.47 Å². The Hall–Kier alpha value is -1.91. The molecule has 5 heteroatoms. The predicted molar refractivity (Wildman–Crippen MR) is 63.1 cm³/mol. The summed E-state index contributed by atoms with van der Waals surface area (Å²) in [5.41, 5.74) is -1.37. The number of rotatable bonds is 4. The van der Waals surface area contributed by atoms with Gasteiger partial charge in [-0.05, 0) is 32.0 Å². The number of ketones is 1. The van der Waals surface area contributed by atoms with Crippen LogP contribution in [0.5, 0.6) is 5.75 Å². The molecule has 18 heavy (non-hydrogen) atoms. The number of methoxy groups -OCH3 is 2. The zero-order chi connectivity index (χ0) is 13.9. The molecule has 0 spiro atoms. The molecule has 4 nitrogen and oxygen atoms in total. The van der Waals surface area contributed by atoms with E-state index in [-0.39, 0.29) is 11.3 Å². The highest BCUT2D eigenvalue weighted by Crippen LogP contribution is 2.29. The maximum atomic E-state index is 13.2. The molecular formula is C13H15FO4. The highest BCUT2D eigenvalue weighted by Gasteiger charge is 2.39. The summed E-state index contributed by atoms with van der Waals surface area (Å²) < 4.78 is 22.7. The van der Waals surface area contributed by atoms with Crippen LogP contribution in [0.15, 0.2) is 18.2 Å². The Kier molecular flexibility index (Phi) is 4.06. The van der Waals surface area contributed by atoms with E-state index in [1.165, 1.54) is 40.2 Å². The van der Waals surface area contributed by atoms with Gasteiger partial charge in [-0.25, -0.2) is 4.39 Å². The third kappa shape index (κ3) is 2.50. The first-order valence-electron chi connectivity index (χ1n) is 5.31. The molecule has 0 fully saturated rings. The van der Waals surface area contributed by atoms with Crippen molar-refractivity contribution in [2.45, 2.75) is 13.8 Å². The lowest BCUT2D eigenvalue weighted by Gasteiger charge is -2.21. The van der Waals surface area contributed by atoms with Gasteiger partial charge in [0.1, 0.15) is 17.0 Å². The predicted octanol–water partition coefficient (Wildman–Crippen LogP) is 2.22. The van der Waals surface area contributed by atoms with Gasteiger partial charge in [0.25, 0.3) is 0 Å². The Labute approximate surface area is 105 Å². The monoisotopic (exact) mass is 254 g/mol. The Morgan fingerprint density at radius 2 is 1.83 bits per heavy atom. The fraction of sp³-hybridized carbons (Fsp3) is 0.385. The minimum absolute atomic E-state index is 0.0212. The molecule has 0 aliphatic heterocycles. The number of benzene rings is 1. The minimum Gasteiger partial charge on any atom is -0.496 e. The number of ether oxygens (including phenoxy) is 2. The van der Waals surface area contributed by atoms with Crippen LogP contribution in [0.25, 0.3) is 0 Å². The van der Waals surface area contributed by atoms with E-state index in [2.05, 4.69) is 4.74 Å². The van der Waals surface area contributed by atoms with Crippen molar-refractivity contribution in [1.29, 1.82) is 0 Å². The number of carbonyl (C=O) groups is 2. The van der Waals surface area contributed by atoms with Crippen molar-refractivity contribution in [3.8, 4) is 5.75 Å². The lowest BCUT2D eigenvalue weighted by Crippen LogP contribution is -2.34. The van der Waals surface area contributed by atoms with Gasteiger partial charge in [0.2, 0.25) is 0 Å². The molecule has 0 heterocycles. The van der Waals surface area contributed by atoms with Gasteiger partial charge in [0.05, 0.1) is 19.8 Å². The summed E-state index contributed by atoms with van der Waals surface area (Å²) in [6, 6.07) is 3.57. The van der Waals surface area contributed by atoms with E-state index in [1.807, 2.05) is 0 Å². The van der Waals surface area contributed by atoms with Crippen molar-refractivity contribution in [3.05, 3.63) is 29.6 Å². The van der Waals surface area contributed by atoms with Gasteiger partial charge in [0, 0.05) is 0 Å². The minimum atomic E-state index is -1.39. The van der Waals surface area contributed by atoms with Crippen LogP contribution < -0.4 is 4.74 Å². The van der Waals surface area contributed by atoms with Gasteiger partial charge in [-0.3, -0.25) is 9.59 Å². The smallest absolute Gasteiger partial charge is 0.319 e. The maximum absolute atomic E-state index is 13.2. The SMILES string of the molecule is COC(=O)C(C)(C)C(=O)c1cc(F)ccc1OC.